The zero-order valence-corrected chi connectivity index (χ0v) is 12.7. The average Bonchev–Trinajstić information content (AvgIpc) is 2.40. The molecule has 0 saturated heterocycles. The molecule has 1 aromatic heterocycles. The van der Waals surface area contributed by atoms with Crippen LogP contribution in [0.2, 0.25) is 0 Å². The summed E-state index contributed by atoms with van der Waals surface area (Å²) in [6.45, 7) is 8.95. The number of hydrogen-bond donors (Lipinski definition) is 0. The van der Waals surface area contributed by atoms with Crippen LogP contribution in [-0.2, 0) is 31.0 Å². The Balaban J connectivity index is 3.02. The van der Waals surface area contributed by atoms with Gasteiger partial charge in [-0.3, -0.25) is 0 Å². The number of rotatable bonds is 0. The molecular weight excluding hydrogens is 265 g/mol. The molecule has 0 saturated carbocycles. The van der Waals surface area contributed by atoms with E-state index in [0.717, 1.165) is 0 Å². The Hall–Kier alpha value is 0.284. The second-order valence-electron chi connectivity index (χ2n) is 3.90. The number of hydrogen-bond acceptors (Lipinski definition) is 1. The Morgan fingerprint density at radius 3 is 2.36 bits per heavy atom. The van der Waals surface area contributed by atoms with E-state index < -0.39 is 0 Å². The molecule has 0 aliphatic rings. The molecule has 70 valence electrons. The van der Waals surface area contributed by atoms with Crippen molar-refractivity contribution in [2.45, 2.75) is 27.7 Å². The van der Waals surface area contributed by atoms with Crippen molar-refractivity contribution in [2.75, 3.05) is 0 Å². The van der Waals surface area contributed by atoms with Gasteiger partial charge in [-0.25, -0.2) is 0 Å². The van der Waals surface area contributed by atoms with Gasteiger partial charge < -0.3 is 0 Å². The third-order valence-corrected chi connectivity index (χ3v) is 5.42. The average molecular weight is 278 g/mol. The molecule has 0 aliphatic carbocycles. The van der Waals surface area contributed by atoms with Gasteiger partial charge in [0.25, 0.3) is 0 Å². The first-order valence-electron chi connectivity index (χ1n) is 4.77. The molecule has 1 aromatic carbocycles. The second kappa shape index (κ2) is 3.70. The number of thiophene rings is 1. The molecule has 0 aliphatic heterocycles. The van der Waals surface area contributed by atoms with Crippen LogP contribution in [0.3, 0.4) is 0 Å². The molecule has 0 amide bonds. The zero-order chi connectivity index (χ0) is 10.5. The van der Waals surface area contributed by atoms with Crippen LogP contribution in [0.4, 0.5) is 0 Å². The number of aryl methyl sites for hydroxylation is 4. The summed E-state index contributed by atoms with van der Waals surface area (Å²) in [6.07, 6.45) is 0. The van der Waals surface area contributed by atoms with Crippen molar-refractivity contribution in [1.82, 2.24) is 0 Å². The second-order valence-corrected chi connectivity index (χ2v) is 6.65. The van der Waals surface area contributed by atoms with Crippen molar-refractivity contribution in [3.8, 4) is 0 Å². The van der Waals surface area contributed by atoms with E-state index in [4.69, 9.17) is 0 Å². The summed E-state index contributed by atoms with van der Waals surface area (Å²) in [7, 11) is 0. The first-order valence-corrected chi connectivity index (χ1v) is 7.01. The van der Waals surface area contributed by atoms with Crippen LogP contribution in [0, 0.1) is 27.7 Å². The van der Waals surface area contributed by atoms with Gasteiger partial charge in [0.15, 0.2) is 0 Å². The van der Waals surface area contributed by atoms with Crippen LogP contribution < -0.4 is 2.37 Å². The molecule has 0 unspecified atom stereocenters. The third-order valence-electron chi connectivity index (χ3n) is 2.98. The molecule has 0 atom stereocenters. The van der Waals surface area contributed by atoms with Gasteiger partial charge in [0, 0.05) is 0 Å². The van der Waals surface area contributed by atoms with Gasteiger partial charge in [-0.2, -0.15) is 0 Å². The molecule has 2 aromatic rings. The van der Waals surface area contributed by atoms with E-state index in [1.165, 1.54) is 62.6 Å². The van der Waals surface area contributed by atoms with E-state index in [1.54, 1.807) is 2.37 Å². The summed E-state index contributed by atoms with van der Waals surface area (Å²) in [5.74, 6) is 0. The Labute approximate surface area is 109 Å². The molecule has 0 radical (unpaired) electrons. The fourth-order valence-corrected chi connectivity index (χ4v) is 4.84. The predicted molar refractivity (Wildman–Crippen MR) is 60.4 cm³/mol. The fourth-order valence-electron chi connectivity index (χ4n) is 1.83. The van der Waals surface area contributed by atoms with Crippen LogP contribution in [0.15, 0.2) is 6.07 Å². The number of benzene rings is 1. The van der Waals surface area contributed by atoms with Crippen molar-refractivity contribution in [3.63, 3.8) is 0 Å². The van der Waals surface area contributed by atoms with Gasteiger partial charge in [0.1, 0.15) is 0 Å². The van der Waals surface area contributed by atoms with E-state index in [9.17, 15) is 0 Å². The molecule has 0 fully saturated rings. The SMILES string of the molecule is Cc1c[c]([Y])c2c(C)c(C)sc2c1C. The van der Waals surface area contributed by atoms with Crippen molar-refractivity contribution in [1.29, 1.82) is 0 Å². The van der Waals surface area contributed by atoms with Gasteiger partial charge in [0.2, 0.25) is 0 Å². The molecule has 0 spiro atoms. The van der Waals surface area contributed by atoms with Crippen LogP contribution in [0.25, 0.3) is 10.1 Å². The maximum absolute atomic E-state index is 2.36. The van der Waals surface area contributed by atoms with E-state index in [0.29, 0.717) is 0 Å². The molecule has 0 bridgehead atoms. The topological polar surface area (TPSA) is 0 Å². The minimum atomic E-state index is 1.22. The summed E-state index contributed by atoms with van der Waals surface area (Å²) in [4.78, 5) is 1.48. The predicted octanol–water partition coefficient (Wildman–Crippen LogP) is 3.31. The molecular formula is C12H13SY. The zero-order valence-electron chi connectivity index (χ0n) is 9.06. The molecule has 2 heteroatoms. The van der Waals surface area contributed by atoms with Gasteiger partial charge >= 0.3 is 110 Å². The Bertz CT molecular complexity index is 509. The van der Waals surface area contributed by atoms with Crippen LogP contribution in [0.5, 0.6) is 0 Å². The first-order chi connectivity index (χ1) is 6.52. The molecule has 0 nitrogen and oxygen atoms in total. The Kier molecular flexibility index (Phi) is 2.85. The molecule has 14 heavy (non-hydrogen) atoms. The maximum atomic E-state index is 2.36. The standard InChI is InChI=1S/C12H13S.Y/c1-7-5-6-11-9(3)10(4)13-12(11)8(7)2;/h5H,1-4H3;. The van der Waals surface area contributed by atoms with Crippen molar-refractivity contribution in [3.05, 3.63) is 27.6 Å². The minimum absolute atomic E-state index is 1.22. The van der Waals surface area contributed by atoms with Crippen molar-refractivity contribution >= 4 is 23.8 Å². The van der Waals surface area contributed by atoms with Gasteiger partial charge in [-0.05, 0) is 0 Å². The Morgan fingerprint density at radius 2 is 1.71 bits per heavy atom. The summed E-state index contributed by atoms with van der Waals surface area (Å²) in [5, 5.41) is 1.54. The molecule has 2 rings (SSSR count). The summed E-state index contributed by atoms with van der Waals surface area (Å²) in [6, 6.07) is 2.36. The normalized spacial score (nSPS) is 11.1. The van der Waals surface area contributed by atoms with Crippen molar-refractivity contribution < 1.29 is 31.0 Å². The van der Waals surface area contributed by atoms with Crippen LogP contribution >= 0.6 is 11.3 Å². The summed E-state index contributed by atoms with van der Waals surface area (Å²) in [5.41, 5.74) is 4.41. The molecule has 1 heterocycles. The van der Waals surface area contributed by atoms with E-state index in [1.807, 2.05) is 11.3 Å². The van der Waals surface area contributed by atoms with Crippen LogP contribution in [0.1, 0.15) is 21.6 Å². The van der Waals surface area contributed by atoms with Gasteiger partial charge in [-0.15, -0.1) is 0 Å². The quantitative estimate of drug-likeness (QED) is 0.693. The fraction of sp³-hybridized carbons (Fsp3) is 0.333. The first kappa shape index (κ1) is 10.8. The monoisotopic (exact) mass is 278 g/mol. The Morgan fingerprint density at radius 1 is 1.07 bits per heavy atom. The van der Waals surface area contributed by atoms with Crippen molar-refractivity contribution in [2.24, 2.45) is 0 Å². The van der Waals surface area contributed by atoms with E-state index in [2.05, 4.69) is 33.8 Å². The van der Waals surface area contributed by atoms with Gasteiger partial charge in [-0.1, -0.05) is 0 Å². The molecule has 0 N–H and O–H groups in total. The third kappa shape index (κ3) is 1.50. The van der Waals surface area contributed by atoms with Gasteiger partial charge in [0.05, 0.1) is 0 Å². The number of fused-ring (bicyclic) bond motifs is 1. The van der Waals surface area contributed by atoms with E-state index in [-0.39, 0.29) is 0 Å². The van der Waals surface area contributed by atoms with Crippen LogP contribution in [-0.4, -0.2) is 0 Å². The van der Waals surface area contributed by atoms with E-state index >= 15 is 0 Å². The summed E-state index contributed by atoms with van der Waals surface area (Å²) >= 11 is 3.17. The summed E-state index contributed by atoms with van der Waals surface area (Å²) < 4.78 is 3.07.